The summed E-state index contributed by atoms with van der Waals surface area (Å²) in [5.74, 6) is 0. The van der Waals surface area contributed by atoms with Gasteiger partial charge in [0.2, 0.25) is 0 Å². The van der Waals surface area contributed by atoms with Crippen LogP contribution in [0.4, 0.5) is 28.4 Å². The van der Waals surface area contributed by atoms with Crippen molar-refractivity contribution in [3.05, 3.63) is 292 Å². The minimum absolute atomic E-state index is 0. The quantitative estimate of drug-likeness (QED) is 0.0271. The Hall–Kier alpha value is -8.22. The predicted molar refractivity (Wildman–Crippen MR) is 471 cm³/mol. The molecule has 3 nitrogen and oxygen atoms in total. The fourth-order valence-corrected chi connectivity index (χ4v) is 17.0. The Bertz CT molecular complexity index is 4110. The van der Waals surface area contributed by atoms with Crippen LogP contribution in [0.2, 0.25) is 0 Å². The van der Waals surface area contributed by atoms with E-state index in [0.717, 1.165) is 37.4 Å². The summed E-state index contributed by atoms with van der Waals surface area (Å²) in [6.45, 7) is 9.26. The highest BCUT2D eigenvalue weighted by Gasteiger charge is 2.44. The molecule has 0 unspecified atom stereocenters. The van der Waals surface area contributed by atoms with Crippen molar-refractivity contribution in [2.45, 2.75) is 226 Å². The molecule has 0 bridgehead atoms. The van der Waals surface area contributed by atoms with Gasteiger partial charge in [0, 0.05) is 48.2 Å². The average molecular weight is 1530 g/mol. The van der Waals surface area contributed by atoms with Gasteiger partial charge in [-0.05, 0) is 224 Å². The van der Waals surface area contributed by atoms with Crippen molar-refractivity contribution in [2.75, 3.05) is 16.4 Å². The lowest BCUT2D eigenvalue weighted by molar-refractivity contribution is 0.398. The molecule has 0 heterocycles. The van der Waals surface area contributed by atoms with Crippen LogP contribution in [0.5, 0.6) is 0 Å². The number of fused-ring (bicyclic) bond motifs is 6. The molecule has 0 fully saturated rings. The Balaban J connectivity index is 0.000000210. The first-order valence-electron chi connectivity index (χ1n) is 40.4. The van der Waals surface area contributed by atoms with E-state index in [4.69, 9.17) is 5.73 Å². The maximum Gasteiger partial charge on any atom is 0.0384 e. The van der Waals surface area contributed by atoms with Crippen molar-refractivity contribution in [3.8, 4) is 66.8 Å². The summed E-state index contributed by atoms with van der Waals surface area (Å²) in [6.07, 6.45) is 36.8. The Morgan fingerprint density at radius 3 is 0.708 bits per heavy atom. The highest BCUT2D eigenvalue weighted by Crippen LogP contribution is 2.58. The maximum atomic E-state index is 5.36. The molecule has 5 heteroatoms. The van der Waals surface area contributed by atoms with Crippen LogP contribution in [-0.2, 0) is 10.8 Å². The Morgan fingerprint density at radius 2 is 0.462 bits per heavy atom. The third kappa shape index (κ3) is 21.6. The van der Waals surface area contributed by atoms with Crippen molar-refractivity contribution in [3.63, 3.8) is 0 Å². The van der Waals surface area contributed by atoms with Gasteiger partial charge in [0.05, 0.1) is 0 Å². The van der Waals surface area contributed by atoms with E-state index in [1.807, 2.05) is 30.3 Å². The zero-order chi connectivity index (χ0) is 72.9. The summed E-state index contributed by atoms with van der Waals surface area (Å²) in [5.41, 5.74) is 33.2. The zero-order valence-corrected chi connectivity index (χ0v) is 66.6. The van der Waals surface area contributed by atoms with Gasteiger partial charge in [-0.1, -0.05) is 373 Å². The first kappa shape index (κ1) is 80.3. The van der Waals surface area contributed by atoms with Gasteiger partial charge < -0.3 is 16.4 Å². The molecule has 4 N–H and O–H groups in total. The molecule has 552 valence electrons. The van der Waals surface area contributed by atoms with Crippen LogP contribution >= 0.6 is 31.9 Å². The van der Waals surface area contributed by atoms with Crippen molar-refractivity contribution in [2.24, 2.45) is 0 Å². The number of nitrogens with one attached hydrogen (secondary N) is 2. The van der Waals surface area contributed by atoms with Crippen LogP contribution in [0.25, 0.3) is 66.8 Å². The molecule has 0 aliphatic heterocycles. The number of halogens is 2. The molecule has 0 saturated heterocycles. The van der Waals surface area contributed by atoms with Gasteiger partial charge in [-0.3, -0.25) is 0 Å². The monoisotopic (exact) mass is 1530 g/mol. The number of unbranched alkanes of at least 4 members (excludes halogenated alkanes) is 20. The minimum Gasteiger partial charge on any atom is -0.399 e. The van der Waals surface area contributed by atoms with E-state index < -0.39 is 0 Å². The van der Waals surface area contributed by atoms with Crippen LogP contribution in [0.15, 0.2) is 270 Å². The first-order valence-corrected chi connectivity index (χ1v) is 42.0. The van der Waals surface area contributed by atoms with Gasteiger partial charge in [0.15, 0.2) is 0 Å². The molecule has 2 aliphatic rings. The predicted octanol–water partition coefficient (Wildman–Crippen LogP) is 32.5. The second-order valence-corrected chi connectivity index (χ2v) is 31.7. The van der Waals surface area contributed by atoms with Crippen molar-refractivity contribution >= 4 is 60.3 Å². The molecule has 106 heavy (non-hydrogen) atoms. The number of rotatable bonds is 36. The summed E-state index contributed by atoms with van der Waals surface area (Å²) < 4.78 is 2.26. The molecule has 0 radical (unpaired) electrons. The van der Waals surface area contributed by atoms with Gasteiger partial charge in [-0.2, -0.15) is 0 Å². The lowest BCUT2D eigenvalue weighted by atomic mass is 9.70. The molecular weight excluding hydrogens is 1410 g/mol. The Labute approximate surface area is 656 Å². The number of anilines is 5. The first-order chi connectivity index (χ1) is 51.6. The van der Waals surface area contributed by atoms with Crippen LogP contribution in [0.3, 0.4) is 0 Å². The third-order valence-electron chi connectivity index (χ3n) is 22.3. The van der Waals surface area contributed by atoms with E-state index in [1.54, 1.807) is 22.3 Å². The van der Waals surface area contributed by atoms with Crippen LogP contribution in [0, 0.1) is 0 Å². The van der Waals surface area contributed by atoms with Gasteiger partial charge in [0.1, 0.15) is 0 Å². The average Bonchev–Trinajstić information content (AvgIpc) is 1.57. The van der Waals surface area contributed by atoms with Crippen LogP contribution in [-0.4, -0.2) is 0 Å². The minimum atomic E-state index is 0. The van der Waals surface area contributed by atoms with Crippen LogP contribution < -0.4 is 16.4 Å². The van der Waals surface area contributed by atoms with Crippen LogP contribution in [0.1, 0.15) is 237 Å². The lowest BCUT2D eigenvalue weighted by Crippen LogP contribution is -2.25. The normalized spacial score (nSPS) is 12.5. The highest BCUT2D eigenvalue weighted by molar-refractivity contribution is 9.10. The number of hydrogen-bond donors (Lipinski definition) is 3. The van der Waals surface area contributed by atoms with Crippen molar-refractivity contribution in [1.82, 2.24) is 0 Å². The lowest BCUT2D eigenvalue weighted by Gasteiger charge is -2.33. The van der Waals surface area contributed by atoms with Gasteiger partial charge >= 0.3 is 0 Å². The maximum absolute atomic E-state index is 5.36. The molecule has 13 rings (SSSR count). The molecule has 0 saturated carbocycles. The van der Waals surface area contributed by atoms with E-state index in [-0.39, 0.29) is 18.3 Å². The molecule has 0 aromatic heterocycles. The van der Waals surface area contributed by atoms with E-state index in [9.17, 15) is 0 Å². The molecule has 0 amide bonds. The summed E-state index contributed by atoms with van der Waals surface area (Å²) >= 11 is 7.27. The Morgan fingerprint density at radius 1 is 0.245 bits per heavy atom. The van der Waals surface area contributed by atoms with E-state index in [0.29, 0.717) is 0 Å². The van der Waals surface area contributed by atoms with Gasteiger partial charge in [-0.25, -0.2) is 0 Å². The number of para-hydroxylation sites is 3. The van der Waals surface area contributed by atoms with Gasteiger partial charge in [0.25, 0.3) is 0 Å². The number of nitrogen functional groups attached to an aromatic ring is 1. The number of benzene rings is 11. The topological polar surface area (TPSA) is 50.1 Å². The molecule has 0 spiro atoms. The third-order valence-corrected chi connectivity index (χ3v) is 23.3. The molecular formula is C101H119Br2N3. The largest absolute Gasteiger partial charge is 0.399 e. The molecule has 11 aromatic carbocycles. The highest BCUT2D eigenvalue weighted by atomic mass is 79.9. The Kier molecular flexibility index (Phi) is 31.7. The molecule has 0 atom stereocenters. The van der Waals surface area contributed by atoms with E-state index >= 15 is 0 Å². The number of nitrogens with two attached hydrogens (primary N) is 1. The summed E-state index contributed by atoms with van der Waals surface area (Å²) in [4.78, 5) is 0. The van der Waals surface area contributed by atoms with Crippen molar-refractivity contribution in [1.29, 1.82) is 0 Å². The van der Waals surface area contributed by atoms with E-state index in [2.05, 4.69) is 301 Å². The van der Waals surface area contributed by atoms with Crippen molar-refractivity contribution < 1.29 is 0 Å². The second-order valence-electron chi connectivity index (χ2n) is 29.8. The SMILES string of the molecule is C.CCCCCCCCC1(CCCCCCCC)c2cc(-c3ccc(Br)cc3)ccc2-c2ccc(-c3ccc(Br)cc3)cc21.CCCCCCCCC1(CCCCCCCC)c2cc(-c3ccc(Nc4ccccc4)cc3)ccc2-c2ccc(-c3ccc(Nc4ccccc4)cc3)cc21.Nc1ccccc1. The molecule has 2 aliphatic carbocycles. The zero-order valence-electron chi connectivity index (χ0n) is 63.5. The summed E-state index contributed by atoms with van der Waals surface area (Å²) in [5, 5.41) is 7.12. The van der Waals surface area contributed by atoms with E-state index in [1.165, 1.54) is 247 Å². The summed E-state index contributed by atoms with van der Waals surface area (Å²) in [7, 11) is 0. The fourth-order valence-electron chi connectivity index (χ4n) is 16.5. The standard InChI is InChI=1S/C53H60N2.C41H48Br2.C6H7N.CH4/c1-3-5-7-9-11-19-37-53(38-20-12-10-8-6-4-2)51-39-43(41-25-31-47(32-26-41)54-45-21-15-13-16-22-45)29-35-49(51)50-36-30-44(40-52(50)53)42-27-33-48(34-28-42)55-46-23-17-14-18-24-46;1-3-5-7-9-11-13-27-41(28-14-12-10-8-6-4-2)39-29-33(31-15-21-35(42)22-16-31)19-25-37(39)38-26-20-34(30-40(38)41)32-17-23-36(43)24-18-32;7-6-4-2-1-3-5-6;/h13-18,21-36,39-40,54-55H,3-12,19-20,37-38H2,1-2H3;15-26,29-30H,3-14,27-28H2,1-2H3;1-5H,7H2;1H4. The second kappa shape index (κ2) is 41.8. The molecule has 11 aromatic rings. The van der Waals surface area contributed by atoms with Gasteiger partial charge in [-0.15, -0.1) is 0 Å². The number of hydrogen-bond acceptors (Lipinski definition) is 3. The summed E-state index contributed by atoms with van der Waals surface area (Å²) in [6, 6.07) is 95.5. The fraction of sp³-hybridized carbons (Fsp3) is 0.347. The smallest absolute Gasteiger partial charge is 0.0384 e.